The molecule has 1 aromatic rings. The van der Waals surface area contributed by atoms with Crippen molar-refractivity contribution in [2.24, 2.45) is 17.4 Å². The zero-order valence-corrected chi connectivity index (χ0v) is 22.9. The Morgan fingerprint density at radius 3 is 1.90 bits per heavy atom. The largest absolute Gasteiger partial charge is 0.508 e. The van der Waals surface area contributed by atoms with Crippen LogP contribution in [0.1, 0.15) is 52.0 Å². The molecule has 10 N–H and O–H groups in total. The highest BCUT2D eigenvalue weighted by atomic mass is 16.4. The first kappa shape index (κ1) is 33.8. The van der Waals surface area contributed by atoms with Gasteiger partial charge in [0.05, 0.1) is 6.42 Å². The van der Waals surface area contributed by atoms with Crippen molar-refractivity contribution < 1.29 is 39.0 Å². The number of phenolic OH excluding ortho intramolecular Hbond substituents is 1. The van der Waals surface area contributed by atoms with Gasteiger partial charge < -0.3 is 42.9 Å². The number of rotatable bonds is 17. The Kier molecular flexibility index (Phi) is 14.1. The molecule has 0 bridgehead atoms. The summed E-state index contributed by atoms with van der Waals surface area (Å²) in [7, 11) is 0. The average Bonchev–Trinajstić information content (AvgIpc) is 2.86. The summed E-state index contributed by atoms with van der Waals surface area (Å²) in [5.41, 5.74) is 11.5. The molecule has 1 aromatic carbocycles. The lowest BCUT2D eigenvalue weighted by molar-refractivity contribution is -0.141. The molecule has 4 atom stereocenters. The Morgan fingerprint density at radius 2 is 1.40 bits per heavy atom. The number of carboxylic acids is 1. The first-order chi connectivity index (χ1) is 18.7. The van der Waals surface area contributed by atoms with E-state index in [9.17, 15) is 33.9 Å². The van der Waals surface area contributed by atoms with Crippen molar-refractivity contribution in [2.45, 2.75) is 77.0 Å². The van der Waals surface area contributed by atoms with Crippen LogP contribution in [0.3, 0.4) is 0 Å². The SMILES string of the molecule is CC(=O)N[C@@H](CC(=O)O)C(=O)N[C@H](C(=O)N[C@@H](Cc1ccc(O)cc1)C(=O)N[C@@H](CCCCN)C(N)=O)C(C)C. The zero-order valence-electron chi connectivity index (χ0n) is 22.9. The fourth-order valence-electron chi connectivity index (χ4n) is 3.81. The molecule has 0 heterocycles. The van der Waals surface area contributed by atoms with E-state index in [0.29, 0.717) is 24.9 Å². The number of nitrogens with one attached hydrogen (secondary N) is 4. The van der Waals surface area contributed by atoms with Gasteiger partial charge in [-0.15, -0.1) is 0 Å². The highest BCUT2D eigenvalue weighted by Crippen LogP contribution is 2.13. The lowest BCUT2D eigenvalue weighted by atomic mass is 9.99. The van der Waals surface area contributed by atoms with Gasteiger partial charge in [0.1, 0.15) is 29.9 Å². The van der Waals surface area contributed by atoms with Crippen LogP contribution in [0.2, 0.25) is 0 Å². The maximum atomic E-state index is 13.3. The molecule has 0 aliphatic carbocycles. The summed E-state index contributed by atoms with van der Waals surface area (Å²) in [4.78, 5) is 74.0. The molecule has 222 valence electrons. The molecule has 0 unspecified atom stereocenters. The topological polar surface area (TPSA) is 243 Å². The van der Waals surface area contributed by atoms with E-state index in [4.69, 9.17) is 16.6 Å². The lowest BCUT2D eigenvalue weighted by Crippen LogP contribution is -2.59. The number of primary amides is 1. The maximum Gasteiger partial charge on any atom is 0.305 e. The van der Waals surface area contributed by atoms with Crippen LogP contribution in [0, 0.1) is 5.92 Å². The number of nitrogens with two attached hydrogens (primary N) is 2. The summed E-state index contributed by atoms with van der Waals surface area (Å²) < 4.78 is 0. The number of aromatic hydroxyl groups is 1. The minimum atomic E-state index is -1.43. The summed E-state index contributed by atoms with van der Waals surface area (Å²) in [5, 5.41) is 28.6. The molecular weight excluding hydrogens is 524 g/mol. The van der Waals surface area contributed by atoms with Crippen molar-refractivity contribution >= 4 is 35.5 Å². The first-order valence-electron chi connectivity index (χ1n) is 12.9. The molecule has 0 saturated carbocycles. The summed E-state index contributed by atoms with van der Waals surface area (Å²) >= 11 is 0. The molecule has 0 aliphatic rings. The second kappa shape index (κ2) is 16.7. The van der Waals surface area contributed by atoms with E-state index in [1.807, 2.05) is 0 Å². The number of carboxylic acid groups (broad SMARTS) is 1. The average molecular weight is 565 g/mol. The van der Waals surface area contributed by atoms with E-state index in [2.05, 4.69) is 21.3 Å². The highest BCUT2D eigenvalue weighted by Gasteiger charge is 2.33. The molecule has 14 nitrogen and oxygen atoms in total. The van der Waals surface area contributed by atoms with Gasteiger partial charge in [-0.05, 0) is 49.4 Å². The number of hydrogen-bond acceptors (Lipinski definition) is 8. The van der Waals surface area contributed by atoms with Crippen molar-refractivity contribution in [2.75, 3.05) is 6.54 Å². The van der Waals surface area contributed by atoms with Crippen LogP contribution in [0.5, 0.6) is 5.75 Å². The molecule has 14 heteroatoms. The van der Waals surface area contributed by atoms with E-state index in [1.165, 1.54) is 12.1 Å². The summed E-state index contributed by atoms with van der Waals surface area (Å²) in [6.45, 7) is 4.78. The van der Waals surface area contributed by atoms with E-state index in [0.717, 1.165) is 6.92 Å². The predicted molar refractivity (Wildman–Crippen MR) is 144 cm³/mol. The Morgan fingerprint density at radius 1 is 0.825 bits per heavy atom. The smallest absolute Gasteiger partial charge is 0.305 e. The Hall–Kier alpha value is -4.20. The van der Waals surface area contributed by atoms with Crippen molar-refractivity contribution in [3.63, 3.8) is 0 Å². The normalized spacial score (nSPS) is 13.8. The second-order valence-electron chi connectivity index (χ2n) is 9.76. The number of amides is 5. The van der Waals surface area contributed by atoms with E-state index < -0.39 is 72.0 Å². The van der Waals surface area contributed by atoms with E-state index >= 15 is 0 Å². The zero-order chi connectivity index (χ0) is 30.4. The minimum absolute atomic E-state index is 0.000142. The molecule has 0 radical (unpaired) electrons. The number of benzene rings is 1. The van der Waals surface area contributed by atoms with Gasteiger partial charge >= 0.3 is 5.97 Å². The molecule has 0 saturated heterocycles. The van der Waals surface area contributed by atoms with Crippen molar-refractivity contribution in [1.29, 1.82) is 0 Å². The van der Waals surface area contributed by atoms with Crippen molar-refractivity contribution in [3.8, 4) is 5.75 Å². The third-order valence-electron chi connectivity index (χ3n) is 5.94. The quantitative estimate of drug-likeness (QED) is 0.104. The fourth-order valence-corrected chi connectivity index (χ4v) is 3.81. The molecule has 0 spiro atoms. The number of aliphatic carboxylic acids is 1. The minimum Gasteiger partial charge on any atom is -0.508 e. The predicted octanol–water partition coefficient (Wildman–Crippen LogP) is -1.36. The van der Waals surface area contributed by atoms with Crippen LogP contribution >= 0.6 is 0 Å². The molecule has 40 heavy (non-hydrogen) atoms. The van der Waals surface area contributed by atoms with Crippen LogP contribution in [0.25, 0.3) is 0 Å². The Balaban J connectivity index is 3.18. The fraction of sp³-hybridized carbons (Fsp3) is 0.538. The number of unbranched alkanes of at least 4 members (excludes halogenated alkanes) is 1. The first-order valence-corrected chi connectivity index (χ1v) is 12.9. The summed E-state index contributed by atoms with van der Waals surface area (Å²) in [5.74, 6) is -5.56. The van der Waals surface area contributed by atoms with Crippen LogP contribution in [0.15, 0.2) is 24.3 Å². The van der Waals surface area contributed by atoms with Crippen molar-refractivity contribution in [1.82, 2.24) is 21.3 Å². The standard InChI is InChI=1S/C26H40N6O8/c1-14(2)22(32-25(39)20(13-21(35)36)29-15(3)33)26(40)31-19(12-16-7-9-17(34)10-8-16)24(38)30-18(23(28)37)6-4-5-11-27/h7-10,14,18-20,22,34H,4-6,11-13,27H2,1-3H3,(H2,28,37)(H,29,33)(H,30,38)(H,31,40)(H,32,39)(H,35,36)/t18-,19-,20-,22-/m0/s1. The van der Waals surface area contributed by atoms with Gasteiger partial charge in [0.15, 0.2) is 0 Å². The van der Waals surface area contributed by atoms with Gasteiger partial charge in [-0.25, -0.2) is 0 Å². The van der Waals surface area contributed by atoms with E-state index in [1.54, 1.807) is 26.0 Å². The van der Waals surface area contributed by atoms with Gasteiger partial charge in [0, 0.05) is 13.3 Å². The number of carbonyl (C=O) groups is 6. The number of hydrogen-bond donors (Lipinski definition) is 8. The van der Waals surface area contributed by atoms with Crippen LogP contribution in [0.4, 0.5) is 0 Å². The third kappa shape index (κ3) is 12.1. The third-order valence-corrected chi connectivity index (χ3v) is 5.94. The molecule has 1 rings (SSSR count). The molecule has 0 aromatic heterocycles. The molecule has 5 amide bonds. The highest BCUT2D eigenvalue weighted by molar-refractivity contribution is 5.96. The van der Waals surface area contributed by atoms with Crippen LogP contribution in [-0.2, 0) is 35.2 Å². The van der Waals surface area contributed by atoms with Crippen molar-refractivity contribution in [3.05, 3.63) is 29.8 Å². The number of phenols is 1. The summed E-state index contributed by atoms with van der Waals surface area (Å²) in [6, 6.07) is 1.08. The van der Waals surface area contributed by atoms with E-state index in [-0.39, 0.29) is 18.6 Å². The van der Waals surface area contributed by atoms with Gasteiger partial charge in [-0.3, -0.25) is 28.8 Å². The van der Waals surface area contributed by atoms with Gasteiger partial charge in [-0.1, -0.05) is 26.0 Å². The molecule has 0 aliphatic heterocycles. The Labute approximate surface area is 232 Å². The maximum absolute atomic E-state index is 13.3. The van der Waals surface area contributed by atoms with Crippen LogP contribution in [-0.4, -0.2) is 76.4 Å². The van der Waals surface area contributed by atoms with Gasteiger partial charge in [0.25, 0.3) is 0 Å². The van der Waals surface area contributed by atoms with Crippen LogP contribution < -0.4 is 32.7 Å². The Bertz CT molecular complexity index is 1030. The molecule has 0 fully saturated rings. The summed E-state index contributed by atoms with van der Waals surface area (Å²) in [6.07, 6.45) is 0.662. The molecular formula is C26H40N6O8. The second-order valence-corrected chi connectivity index (χ2v) is 9.76. The number of carbonyl (C=O) groups excluding carboxylic acids is 5. The monoisotopic (exact) mass is 564 g/mol. The van der Waals surface area contributed by atoms with Gasteiger partial charge in [0.2, 0.25) is 29.5 Å². The lowest BCUT2D eigenvalue weighted by Gasteiger charge is -2.27. The van der Waals surface area contributed by atoms with Gasteiger partial charge in [-0.2, -0.15) is 0 Å².